The number of ether oxygens (including phenoxy) is 1. The van der Waals surface area contributed by atoms with Gasteiger partial charge in [0.2, 0.25) is 5.88 Å². The van der Waals surface area contributed by atoms with Gasteiger partial charge in [0.15, 0.2) is 0 Å². The summed E-state index contributed by atoms with van der Waals surface area (Å²) in [6.45, 7) is 4.78. The highest BCUT2D eigenvalue weighted by Gasteiger charge is 2.20. The normalized spacial score (nSPS) is 15.1. The maximum atomic E-state index is 5.58. The second-order valence-electron chi connectivity index (χ2n) is 4.37. The van der Waals surface area contributed by atoms with Gasteiger partial charge in [-0.2, -0.15) is 0 Å². The first kappa shape index (κ1) is 11.4. The van der Waals surface area contributed by atoms with Gasteiger partial charge in [0.25, 0.3) is 0 Å². The molecule has 3 nitrogen and oxygen atoms in total. The number of pyridine rings is 1. The minimum absolute atomic E-state index is 0.751. The molecule has 2 rings (SSSR count). The molecule has 0 bridgehead atoms. The fourth-order valence-corrected chi connectivity index (χ4v) is 1.61. The molecule has 1 fully saturated rings. The summed E-state index contributed by atoms with van der Waals surface area (Å²) in [7, 11) is 0. The quantitative estimate of drug-likeness (QED) is 0.766. The van der Waals surface area contributed by atoms with E-state index < -0.39 is 0 Å². The third-order valence-corrected chi connectivity index (χ3v) is 2.85. The van der Waals surface area contributed by atoms with Crippen LogP contribution in [0, 0.1) is 5.92 Å². The lowest BCUT2D eigenvalue weighted by Gasteiger charge is -2.06. The molecule has 16 heavy (non-hydrogen) atoms. The third kappa shape index (κ3) is 3.81. The second-order valence-corrected chi connectivity index (χ2v) is 4.37. The number of aromatic nitrogens is 1. The Labute approximate surface area is 97.2 Å². The summed E-state index contributed by atoms with van der Waals surface area (Å²) in [5.41, 5.74) is 1.20. The number of hydrogen-bond donors (Lipinski definition) is 1. The summed E-state index contributed by atoms with van der Waals surface area (Å²) < 4.78 is 5.58. The number of hydrogen-bond acceptors (Lipinski definition) is 3. The smallest absolute Gasteiger partial charge is 0.213 e. The molecule has 1 aromatic heterocycles. The zero-order valence-corrected chi connectivity index (χ0v) is 9.91. The first-order valence-corrected chi connectivity index (χ1v) is 6.17. The Kier molecular flexibility index (Phi) is 4.17. The predicted molar refractivity (Wildman–Crippen MR) is 64.5 cm³/mol. The summed E-state index contributed by atoms with van der Waals surface area (Å²) in [6, 6.07) is 4.03. The monoisotopic (exact) mass is 220 g/mol. The van der Waals surface area contributed by atoms with E-state index in [1.807, 2.05) is 12.3 Å². The van der Waals surface area contributed by atoms with Crippen LogP contribution in [0.1, 0.15) is 31.7 Å². The van der Waals surface area contributed by atoms with Crippen LogP contribution in [0.2, 0.25) is 0 Å². The maximum absolute atomic E-state index is 5.58. The summed E-state index contributed by atoms with van der Waals surface area (Å²) in [4.78, 5) is 4.29. The molecule has 1 aliphatic carbocycles. The van der Waals surface area contributed by atoms with Crippen molar-refractivity contribution in [3.63, 3.8) is 0 Å². The Morgan fingerprint density at radius 1 is 1.44 bits per heavy atom. The van der Waals surface area contributed by atoms with Gasteiger partial charge in [-0.15, -0.1) is 0 Å². The average molecular weight is 220 g/mol. The Balaban J connectivity index is 1.72. The lowest BCUT2D eigenvalue weighted by atomic mass is 10.3. The maximum Gasteiger partial charge on any atom is 0.213 e. The van der Waals surface area contributed by atoms with Crippen molar-refractivity contribution in [1.29, 1.82) is 0 Å². The van der Waals surface area contributed by atoms with Gasteiger partial charge < -0.3 is 10.1 Å². The van der Waals surface area contributed by atoms with Crippen molar-refractivity contribution in [2.45, 2.75) is 32.7 Å². The molecule has 0 aliphatic heterocycles. The molecule has 1 saturated carbocycles. The highest BCUT2D eigenvalue weighted by atomic mass is 16.5. The average Bonchev–Trinajstić information content (AvgIpc) is 3.12. The van der Waals surface area contributed by atoms with E-state index in [2.05, 4.69) is 23.3 Å². The standard InChI is InChI=1S/C13H20N2O/c1-2-14-9-12-5-6-13(15-10-12)16-8-7-11-3-4-11/h5-6,10-11,14H,2-4,7-9H2,1H3. The molecule has 0 spiro atoms. The molecule has 0 radical (unpaired) electrons. The van der Waals surface area contributed by atoms with Crippen molar-refractivity contribution in [1.82, 2.24) is 10.3 Å². The third-order valence-electron chi connectivity index (χ3n) is 2.85. The van der Waals surface area contributed by atoms with Crippen molar-refractivity contribution in [2.75, 3.05) is 13.2 Å². The van der Waals surface area contributed by atoms with Gasteiger partial charge in [-0.1, -0.05) is 25.8 Å². The summed E-state index contributed by atoms with van der Waals surface area (Å²) in [6.07, 6.45) is 5.84. The van der Waals surface area contributed by atoms with Gasteiger partial charge in [0.05, 0.1) is 6.61 Å². The van der Waals surface area contributed by atoms with Crippen molar-refractivity contribution >= 4 is 0 Å². The van der Waals surface area contributed by atoms with Gasteiger partial charge >= 0.3 is 0 Å². The van der Waals surface area contributed by atoms with Gasteiger partial charge in [0.1, 0.15) is 0 Å². The Bertz CT molecular complexity index is 306. The van der Waals surface area contributed by atoms with Gasteiger partial charge in [0, 0.05) is 18.8 Å². The van der Waals surface area contributed by atoms with E-state index in [0.29, 0.717) is 0 Å². The highest BCUT2D eigenvalue weighted by Crippen LogP contribution is 2.32. The molecular weight excluding hydrogens is 200 g/mol. The van der Waals surface area contributed by atoms with E-state index in [-0.39, 0.29) is 0 Å². The second kappa shape index (κ2) is 5.85. The fourth-order valence-electron chi connectivity index (χ4n) is 1.61. The topological polar surface area (TPSA) is 34.1 Å². The lowest BCUT2D eigenvalue weighted by Crippen LogP contribution is -2.11. The van der Waals surface area contributed by atoms with Crippen LogP contribution in [-0.4, -0.2) is 18.1 Å². The van der Waals surface area contributed by atoms with Crippen molar-refractivity contribution in [3.8, 4) is 5.88 Å². The van der Waals surface area contributed by atoms with Crippen LogP contribution in [0.5, 0.6) is 5.88 Å². The van der Waals surface area contributed by atoms with Crippen LogP contribution in [0.15, 0.2) is 18.3 Å². The van der Waals surface area contributed by atoms with E-state index in [1.54, 1.807) is 0 Å². The molecule has 88 valence electrons. The Morgan fingerprint density at radius 2 is 2.31 bits per heavy atom. The molecule has 0 aromatic carbocycles. The lowest BCUT2D eigenvalue weighted by molar-refractivity contribution is 0.291. The van der Waals surface area contributed by atoms with Crippen LogP contribution >= 0.6 is 0 Å². The molecule has 0 amide bonds. The SMILES string of the molecule is CCNCc1ccc(OCCC2CC2)nc1. The number of nitrogens with one attached hydrogen (secondary N) is 1. The molecule has 0 atom stereocenters. The van der Waals surface area contributed by atoms with Crippen LogP contribution in [0.25, 0.3) is 0 Å². The summed E-state index contributed by atoms with van der Waals surface area (Å²) >= 11 is 0. The van der Waals surface area contributed by atoms with E-state index in [1.165, 1.54) is 24.8 Å². The molecule has 0 saturated heterocycles. The zero-order valence-electron chi connectivity index (χ0n) is 9.91. The van der Waals surface area contributed by atoms with Crippen molar-refractivity contribution in [2.24, 2.45) is 5.92 Å². The van der Waals surface area contributed by atoms with Gasteiger partial charge in [-0.25, -0.2) is 4.98 Å². The van der Waals surface area contributed by atoms with E-state index >= 15 is 0 Å². The Hall–Kier alpha value is -1.09. The van der Waals surface area contributed by atoms with Gasteiger partial charge in [-0.3, -0.25) is 0 Å². The molecule has 1 aliphatic rings. The zero-order chi connectivity index (χ0) is 11.2. The minimum atomic E-state index is 0.751. The van der Waals surface area contributed by atoms with Crippen LogP contribution in [0.3, 0.4) is 0 Å². The number of nitrogens with zero attached hydrogens (tertiary/aromatic N) is 1. The predicted octanol–water partition coefficient (Wildman–Crippen LogP) is 2.37. The fraction of sp³-hybridized carbons (Fsp3) is 0.615. The molecule has 0 unspecified atom stereocenters. The van der Waals surface area contributed by atoms with E-state index in [4.69, 9.17) is 4.74 Å². The van der Waals surface area contributed by atoms with Crippen molar-refractivity contribution < 1.29 is 4.74 Å². The molecule has 1 aromatic rings. The summed E-state index contributed by atoms with van der Waals surface area (Å²) in [5, 5.41) is 3.27. The molecule has 1 heterocycles. The molecule has 1 N–H and O–H groups in total. The number of rotatable bonds is 7. The van der Waals surface area contributed by atoms with E-state index in [0.717, 1.165) is 31.5 Å². The first-order chi connectivity index (χ1) is 7.88. The van der Waals surface area contributed by atoms with Gasteiger partial charge in [-0.05, 0) is 24.4 Å². The largest absolute Gasteiger partial charge is 0.478 e. The Morgan fingerprint density at radius 3 is 2.94 bits per heavy atom. The summed E-state index contributed by atoms with van der Waals surface area (Å²) in [5.74, 6) is 1.67. The van der Waals surface area contributed by atoms with Crippen LogP contribution < -0.4 is 10.1 Å². The molecular formula is C13H20N2O. The molecule has 3 heteroatoms. The first-order valence-electron chi connectivity index (χ1n) is 6.17. The van der Waals surface area contributed by atoms with Crippen LogP contribution in [0.4, 0.5) is 0 Å². The minimum Gasteiger partial charge on any atom is -0.478 e. The van der Waals surface area contributed by atoms with Crippen molar-refractivity contribution in [3.05, 3.63) is 23.9 Å². The van der Waals surface area contributed by atoms with E-state index in [9.17, 15) is 0 Å². The highest BCUT2D eigenvalue weighted by molar-refractivity contribution is 5.17. The van der Waals surface area contributed by atoms with Crippen LogP contribution in [-0.2, 0) is 6.54 Å².